The van der Waals surface area contributed by atoms with E-state index in [0.29, 0.717) is 6.54 Å². The molecule has 1 aromatic rings. The van der Waals surface area contributed by atoms with E-state index in [1.807, 2.05) is 13.0 Å². The Morgan fingerprint density at radius 2 is 1.94 bits per heavy atom. The van der Waals surface area contributed by atoms with Crippen LogP contribution in [0.25, 0.3) is 0 Å². The summed E-state index contributed by atoms with van der Waals surface area (Å²) in [6.07, 6.45) is 2.97. The molecule has 0 aromatic carbocycles. The highest BCUT2D eigenvalue weighted by Gasteiger charge is 2.03. The monoisotopic (exact) mass is 224 g/mol. The summed E-state index contributed by atoms with van der Waals surface area (Å²) in [5, 5.41) is 15.8. The van der Waals surface area contributed by atoms with Crippen molar-refractivity contribution in [1.29, 1.82) is 0 Å². The van der Waals surface area contributed by atoms with Gasteiger partial charge < -0.3 is 15.7 Å². The van der Waals surface area contributed by atoms with Crippen LogP contribution in [-0.4, -0.2) is 34.3 Å². The Labute approximate surface area is 96.3 Å². The Kier molecular flexibility index (Phi) is 5.56. The number of aliphatic hydroxyl groups excluding tert-OH is 1. The minimum atomic E-state index is -0.317. The van der Waals surface area contributed by atoms with E-state index in [4.69, 9.17) is 0 Å². The summed E-state index contributed by atoms with van der Waals surface area (Å²) in [4.78, 5) is 8.15. The van der Waals surface area contributed by atoms with Crippen LogP contribution < -0.4 is 10.6 Å². The molecule has 90 valence electrons. The van der Waals surface area contributed by atoms with Crippen LogP contribution in [0.15, 0.2) is 12.4 Å². The van der Waals surface area contributed by atoms with E-state index >= 15 is 0 Å². The molecule has 1 rings (SSSR count). The lowest BCUT2D eigenvalue weighted by atomic mass is 10.2. The molecule has 0 fully saturated rings. The minimum absolute atomic E-state index is 0.317. The summed E-state index contributed by atoms with van der Waals surface area (Å²) in [5.41, 5.74) is 0. The Morgan fingerprint density at radius 3 is 2.56 bits per heavy atom. The zero-order valence-electron chi connectivity index (χ0n) is 9.90. The van der Waals surface area contributed by atoms with Gasteiger partial charge in [0.2, 0.25) is 0 Å². The van der Waals surface area contributed by atoms with Crippen LogP contribution in [0.2, 0.25) is 0 Å². The van der Waals surface area contributed by atoms with Gasteiger partial charge in [-0.25, -0.2) is 9.97 Å². The summed E-state index contributed by atoms with van der Waals surface area (Å²) in [6, 6.07) is 1.84. The van der Waals surface area contributed by atoms with E-state index in [2.05, 4.69) is 27.5 Å². The normalized spacial score (nSPS) is 12.2. The molecule has 0 aliphatic heterocycles. The zero-order valence-corrected chi connectivity index (χ0v) is 9.90. The van der Waals surface area contributed by atoms with Crippen molar-refractivity contribution >= 4 is 11.6 Å². The van der Waals surface area contributed by atoms with Crippen molar-refractivity contribution in [3.63, 3.8) is 0 Å². The van der Waals surface area contributed by atoms with Crippen molar-refractivity contribution in [2.45, 2.75) is 32.8 Å². The van der Waals surface area contributed by atoms with E-state index in [0.717, 1.165) is 31.0 Å². The van der Waals surface area contributed by atoms with Crippen LogP contribution in [0.4, 0.5) is 11.6 Å². The first-order chi connectivity index (χ1) is 7.76. The van der Waals surface area contributed by atoms with Crippen LogP contribution in [-0.2, 0) is 0 Å². The van der Waals surface area contributed by atoms with Crippen LogP contribution in [0.3, 0.4) is 0 Å². The van der Waals surface area contributed by atoms with Gasteiger partial charge in [-0.2, -0.15) is 0 Å². The van der Waals surface area contributed by atoms with Gasteiger partial charge in [0.05, 0.1) is 6.10 Å². The molecule has 1 atom stereocenters. The third-order valence-corrected chi connectivity index (χ3v) is 2.17. The van der Waals surface area contributed by atoms with Crippen molar-refractivity contribution in [3.8, 4) is 0 Å². The average molecular weight is 224 g/mol. The molecule has 0 aliphatic rings. The van der Waals surface area contributed by atoms with Gasteiger partial charge in [0.25, 0.3) is 0 Å². The van der Waals surface area contributed by atoms with Gasteiger partial charge in [0, 0.05) is 19.2 Å². The maximum absolute atomic E-state index is 9.56. The average Bonchev–Trinajstić information content (AvgIpc) is 2.28. The molecular weight excluding hydrogens is 204 g/mol. The molecule has 0 bridgehead atoms. The second-order valence-electron chi connectivity index (χ2n) is 3.64. The Balaban J connectivity index is 2.44. The van der Waals surface area contributed by atoms with E-state index in [1.165, 1.54) is 6.33 Å². The molecule has 1 heterocycles. The van der Waals surface area contributed by atoms with Crippen molar-refractivity contribution in [2.75, 3.05) is 23.7 Å². The Bertz CT molecular complexity index is 306. The van der Waals surface area contributed by atoms with E-state index in [1.54, 1.807) is 0 Å². The Morgan fingerprint density at radius 1 is 1.25 bits per heavy atom. The fourth-order valence-corrected chi connectivity index (χ4v) is 1.39. The maximum Gasteiger partial charge on any atom is 0.131 e. The molecule has 5 heteroatoms. The van der Waals surface area contributed by atoms with E-state index < -0.39 is 0 Å². The second-order valence-corrected chi connectivity index (χ2v) is 3.64. The third kappa shape index (κ3) is 4.44. The fraction of sp³-hybridized carbons (Fsp3) is 0.636. The van der Waals surface area contributed by atoms with Crippen molar-refractivity contribution in [1.82, 2.24) is 9.97 Å². The molecule has 5 nitrogen and oxygen atoms in total. The molecule has 0 radical (unpaired) electrons. The first-order valence-electron chi connectivity index (χ1n) is 5.74. The molecule has 1 aromatic heterocycles. The Hall–Kier alpha value is -1.36. The highest BCUT2D eigenvalue weighted by Crippen LogP contribution is 2.08. The smallest absolute Gasteiger partial charge is 0.131 e. The maximum atomic E-state index is 9.56. The summed E-state index contributed by atoms with van der Waals surface area (Å²) in [6.45, 7) is 5.42. The lowest BCUT2D eigenvalue weighted by Crippen LogP contribution is -2.19. The summed E-state index contributed by atoms with van der Waals surface area (Å²) in [5.74, 6) is 1.53. The molecule has 0 amide bonds. The number of aliphatic hydroxyl groups is 1. The predicted octanol–water partition coefficient (Wildman–Crippen LogP) is 1.48. The van der Waals surface area contributed by atoms with Crippen LogP contribution in [0.5, 0.6) is 0 Å². The standard InChI is InChI=1S/C11H20N4O/c1-3-5-9(16)7-13-11-6-10(12-4-2)14-8-15-11/h6,8-9,16H,3-5,7H2,1-2H3,(H2,12,13,14,15). The van der Waals surface area contributed by atoms with Crippen LogP contribution in [0.1, 0.15) is 26.7 Å². The van der Waals surface area contributed by atoms with E-state index in [9.17, 15) is 5.11 Å². The third-order valence-electron chi connectivity index (χ3n) is 2.17. The van der Waals surface area contributed by atoms with Crippen molar-refractivity contribution < 1.29 is 5.11 Å². The number of aromatic nitrogens is 2. The van der Waals surface area contributed by atoms with Crippen molar-refractivity contribution in [3.05, 3.63) is 12.4 Å². The summed E-state index contributed by atoms with van der Waals surface area (Å²) in [7, 11) is 0. The van der Waals surface area contributed by atoms with Gasteiger partial charge in [-0.15, -0.1) is 0 Å². The SMILES string of the molecule is CCCC(O)CNc1cc(NCC)ncn1. The topological polar surface area (TPSA) is 70.1 Å². The molecule has 0 spiro atoms. The molecular formula is C11H20N4O. The molecule has 0 saturated carbocycles. The van der Waals surface area contributed by atoms with Crippen molar-refractivity contribution in [2.24, 2.45) is 0 Å². The number of rotatable bonds is 7. The first kappa shape index (κ1) is 12.7. The molecule has 1 unspecified atom stereocenters. The summed E-state index contributed by atoms with van der Waals surface area (Å²) >= 11 is 0. The lowest BCUT2D eigenvalue weighted by molar-refractivity contribution is 0.176. The first-order valence-corrected chi connectivity index (χ1v) is 5.74. The van der Waals surface area contributed by atoms with Gasteiger partial charge in [0.1, 0.15) is 18.0 Å². The number of nitrogens with one attached hydrogen (secondary N) is 2. The van der Waals surface area contributed by atoms with Gasteiger partial charge in [-0.3, -0.25) is 0 Å². The molecule has 0 saturated heterocycles. The second kappa shape index (κ2) is 7.00. The predicted molar refractivity (Wildman–Crippen MR) is 65.6 cm³/mol. The van der Waals surface area contributed by atoms with Gasteiger partial charge >= 0.3 is 0 Å². The highest BCUT2D eigenvalue weighted by atomic mass is 16.3. The number of anilines is 2. The number of nitrogens with zero attached hydrogens (tertiary/aromatic N) is 2. The minimum Gasteiger partial charge on any atom is -0.391 e. The van der Waals surface area contributed by atoms with Gasteiger partial charge in [0.15, 0.2) is 0 Å². The van der Waals surface area contributed by atoms with Crippen LogP contribution >= 0.6 is 0 Å². The van der Waals surface area contributed by atoms with E-state index in [-0.39, 0.29) is 6.10 Å². The molecule has 0 aliphatic carbocycles. The quantitative estimate of drug-likeness (QED) is 0.654. The highest BCUT2D eigenvalue weighted by molar-refractivity contribution is 5.46. The lowest BCUT2D eigenvalue weighted by Gasteiger charge is -2.11. The molecule has 3 N–H and O–H groups in total. The number of hydrogen-bond acceptors (Lipinski definition) is 5. The van der Waals surface area contributed by atoms with Crippen LogP contribution in [0, 0.1) is 0 Å². The molecule has 16 heavy (non-hydrogen) atoms. The van der Waals surface area contributed by atoms with Gasteiger partial charge in [-0.05, 0) is 13.3 Å². The number of hydrogen-bond donors (Lipinski definition) is 3. The van der Waals surface area contributed by atoms with Gasteiger partial charge in [-0.1, -0.05) is 13.3 Å². The summed E-state index contributed by atoms with van der Waals surface area (Å²) < 4.78 is 0. The largest absolute Gasteiger partial charge is 0.391 e. The fourth-order valence-electron chi connectivity index (χ4n) is 1.39. The zero-order chi connectivity index (χ0) is 11.8.